The van der Waals surface area contributed by atoms with Gasteiger partial charge in [-0.2, -0.15) is 4.31 Å². The maximum Gasteiger partial charge on any atom is 0.263 e. The predicted molar refractivity (Wildman–Crippen MR) is 124 cm³/mol. The molecule has 1 saturated heterocycles. The molecule has 34 heavy (non-hydrogen) atoms. The van der Waals surface area contributed by atoms with Gasteiger partial charge < -0.3 is 19.6 Å². The van der Waals surface area contributed by atoms with Gasteiger partial charge in [0, 0.05) is 56.2 Å². The monoisotopic (exact) mass is 487 g/mol. The molecule has 1 amide bonds. The van der Waals surface area contributed by atoms with Crippen LogP contribution in [0.2, 0.25) is 0 Å². The van der Waals surface area contributed by atoms with Crippen LogP contribution in [0.3, 0.4) is 0 Å². The summed E-state index contributed by atoms with van der Waals surface area (Å²) in [4.78, 5) is 30.7. The van der Waals surface area contributed by atoms with Crippen LogP contribution < -0.4 is 10.9 Å². The number of aryl methyl sites for hydroxylation is 1. The number of rotatable bonds is 7. The van der Waals surface area contributed by atoms with Gasteiger partial charge in [0.2, 0.25) is 5.91 Å². The molecule has 2 aromatic heterocycles. The summed E-state index contributed by atoms with van der Waals surface area (Å²) in [5.74, 6) is -1.33. The number of hydrogen-bond donors (Lipinski definition) is 2. The average molecular weight is 488 g/mol. The Balaban J connectivity index is 1.65. The van der Waals surface area contributed by atoms with Gasteiger partial charge in [-0.25, -0.2) is 13.4 Å². The lowest BCUT2D eigenvalue weighted by molar-refractivity contribution is -0.127. The molecule has 2 N–H and O–H groups in total. The zero-order chi connectivity index (χ0) is 24.2. The molecular formula is C23H29N5O5S. The van der Waals surface area contributed by atoms with Crippen LogP contribution >= 0.6 is 0 Å². The van der Waals surface area contributed by atoms with E-state index in [0.29, 0.717) is 23.7 Å². The van der Waals surface area contributed by atoms with E-state index in [9.17, 15) is 23.1 Å². The highest BCUT2D eigenvalue weighted by Gasteiger charge is 2.60. The molecule has 0 aromatic carbocycles. The molecule has 2 fully saturated rings. The summed E-state index contributed by atoms with van der Waals surface area (Å²) in [6.07, 6.45) is 8.42. The van der Waals surface area contributed by atoms with Crippen molar-refractivity contribution in [2.75, 3.05) is 13.2 Å². The minimum absolute atomic E-state index is 0.0553. The molecule has 1 saturated carbocycles. The summed E-state index contributed by atoms with van der Waals surface area (Å²) in [6.45, 7) is 2.03. The summed E-state index contributed by atoms with van der Waals surface area (Å²) in [5.41, 5.74) is 0.703. The summed E-state index contributed by atoms with van der Waals surface area (Å²) in [7, 11) is -2.42. The number of aliphatic hydroxyl groups is 1. The lowest BCUT2D eigenvalue weighted by Gasteiger charge is -2.36. The molecule has 2 aromatic rings. The highest BCUT2D eigenvalue weighted by Crippen LogP contribution is 2.50. The number of aliphatic hydroxyl groups excluding tert-OH is 1. The van der Waals surface area contributed by atoms with E-state index in [1.165, 1.54) is 16.8 Å². The molecule has 182 valence electrons. The summed E-state index contributed by atoms with van der Waals surface area (Å²) in [5, 5.41) is 13.2. The van der Waals surface area contributed by atoms with Crippen LogP contribution in [0.5, 0.6) is 0 Å². The van der Waals surface area contributed by atoms with Crippen molar-refractivity contribution < 1.29 is 18.3 Å². The van der Waals surface area contributed by atoms with Crippen molar-refractivity contribution in [3.05, 3.63) is 52.3 Å². The maximum absolute atomic E-state index is 13.8. The van der Waals surface area contributed by atoms with E-state index in [-0.39, 0.29) is 29.6 Å². The Morgan fingerprint density at radius 1 is 1.32 bits per heavy atom. The Morgan fingerprint density at radius 2 is 2.09 bits per heavy atom. The van der Waals surface area contributed by atoms with E-state index >= 15 is 0 Å². The number of sulfonamides is 1. The van der Waals surface area contributed by atoms with Crippen LogP contribution in [0.15, 0.2) is 40.6 Å². The van der Waals surface area contributed by atoms with E-state index in [2.05, 4.69) is 10.3 Å². The molecule has 2 aliphatic heterocycles. The topological polar surface area (TPSA) is 127 Å². The zero-order valence-corrected chi connectivity index (χ0v) is 20.0. The number of hydrogen-bond acceptors (Lipinski definition) is 6. The summed E-state index contributed by atoms with van der Waals surface area (Å²) < 4.78 is 32.0. The molecule has 10 nitrogen and oxygen atoms in total. The van der Waals surface area contributed by atoms with Gasteiger partial charge in [-0.05, 0) is 37.8 Å². The third-order valence-corrected chi connectivity index (χ3v) is 8.94. The number of aromatic nitrogens is 3. The van der Waals surface area contributed by atoms with Crippen molar-refractivity contribution >= 4 is 22.0 Å². The van der Waals surface area contributed by atoms with Gasteiger partial charge in [-0.3, -0.25) is 9.59 Å². The Bertz CT molecular complexity index is 1310. The van der Waals surface area contributed by atoms with E-state index in [1.54, 1.807) is 40.5 Å². The first-order valence-corrected chi connectivity index (χ1v) is 13.0. The van der Waals surface area contributed by atoms with Gasteiger partial charge in [0.05, 0.1) is 18.3 Å². The van der Waals surface area contributed by atoms with Crippen molar-refractivity contribution in [1.29, 1.82) is 0 Å². The van der Waals surface area contributed by atoms with E-state index in [0.717, 1.165) is 12.8 Å². The minimum atomic E-state index is -4.10. The molecule has 5 rings (SSSR count). The Morgan fingerprint density at radius 3 is 2.71 bits per heavy atom. The second-order valence-electron chi connectivity index (χ2n) is 9.41. The molecule has 4 heterocycles. The van der Waals surface area contributed by atoms with Crippen LogP contribution in [0, 0.1) is 17.8 Å². The SMILES string of the molecule is C/C=C/c1ccc2n(c1=O)C[C@H]1[C@H](CO)[C@@H](C(=O)NCC3CC3)[C@@H]2N1S(=O)(=O)c1cn(C)cn1. The average Bonchev–Trinajstić information content (AvgIpc) is 3.47. The fourth-order valence-electron chi connectivity index (χ4n) is 5.32. The number of nitrogens with one attached hydrogen (secondary N) is 1. The second-order valence-corrected chi connectivity index (χ2v) is 11.2. The first-order chi connectivity index (χ1) is 16.3. The molecular weight excluding hydrogens is 458 g/mol. The highest BCUT2D eigenvalue weighted by molar-refractivity contribution is 7.89. The Hall–Kier alpha value is -2.76. The molecule has 1 aliphatic carbocycles. The third-order valence-electron chi connectivity index (χ3n) is 7.15. The number of carbonyl (C=O) groups excluding carboxylic acids is 1. The highest BCUT2D eigenvalue weighted by atomic mass is 32.2. The molecule has 11 heteroatoms. The zero-order valence-electron chi connectivity index (χ0n) is 19.2. The van der Waals surface area contributed by atoms with Gasteiger partial charge in [-0.15, -0.1) is 0 Å². The minimum Gasteiger partial charge on any atom is -0.396 e. The fourth-order valence-corrected chi connectivity index (χ4v) is 7.14. The quantitative estimate of drug-likeness (QED) is 0.586. The van der Waals surface area contributed by atoms with Crippen molar-refractivity contribution in [1.82, 2.24) is 23.7 Å². The maximum atomic E-state index is 13.8. The lowest BCUT2D eigenvalue weighted by Crippen LogP contribution is -2.49. The molecule has 4 atom stereocenters. The number of carbonyl (C=O) groups is 1. The van der Waals surface area contributed by atoms with Gasteiger partial charge in [-0.1, -0.05) is 12.2 Å². The van der Waals surface area contributed by atoms with Crippen molar-refractivity contribution in [2.45, 2.75) is 43.4 Å². The van der Waals surface area contributed by atoms with Gasteiger partial charge in [0.25, 0.3) is 15.6 Å². The van der Waals surface area contributed by atoms with Crippen LogP contribution in [0.25, 0.3) is 6.08 Å². The van der Waals surface area contributed by atoms with Gasteiger partial charge in [0.15, 0.2) is 5.03 Å². The molecule has 2 bridgehead atoms. The number of amides is 1. The van der Waals surface area contributed by atoms with Crippen molar-refractivity contribution in [3.63, 3.8) is 0 Å². The number of allylic oxidation sites excluding steroid dienone is 1. The standard InChI is InChI=1S/C23H29N5O5S/c1-3-4-15-7-8-17-21-20(22(30)24-9-14-5-6-14)16(12-29)18(10-27(17)23(15)31)28(21)34(32,33)19-11-26(2)13-25-19/h3-4,7-8,11,13-14,16,18,20-21,29H,5-6,9-10,12H2,1-2H3,(H,24,30)/b4-3+/t16-,18-,20+,21+/m0/s1. The number of fused-ring (bicyclic) bond motifs is 4. The van der Waals surface area contributed by atoms with E-state index in [1.807, 2.05) is 6.92 Å². The van der Waals surface area contributed by atoms with E-state index < -0.39 is 33.9 Å². The first-order valence-electron chi connectivity index (χ1n) is 11.5. The Labute approximate surface area is 198 Å². The predicted octanol–water partition coefficient (Wildman–Crippen LogP) is 0.494. The van der Waals surface area contributed by atoms with Crippen molar-refractivity contribution in [2.24, 2.45) is 24.8 Å². The van der Waals surface area contributed by atoms with Crippen LogP contribution in [-0.4, -0.2) is 57.0 Å². The largest absolute Gasteiger partial charge is 0.396 e. The first kappa shape index (κ1) is 23.0. The van der Waals surface area contributed by atoms with Crippen LogP contribution in [0.1, 0.15) is 37.1 Å². The van der Waals surface area contributed by atoms with Gasteiger partial charge >= 0.3 is 0 Å². The normalized spacial score (nSPS) is 26.7. The molecule has 0 radical (unpaired) electrons. The second kappa shape index (κ2) is 8.47. The number of nitrogens with zero attached hydrogens (tertiary/aromatic N) is 4. The van der Waals surface area contributed by atoms with Gasteiger partial charge in [0.1, 0.15) is 0 Å². The summed E-state index contributed by atoms with van der Waals surface area (Å²) in [6, 6.07) is 1.70. The van der Waals surface area contributed by atoms with E-state index in [4.69, 9.17) is 0 Å². The Kier molecular flexibility index (Phi) is 5.73. The lowest BCUT2D eigenvalue weighted by atomic mass is 9.86. The smallest absolute Gasteiger partial charge is 0.263 e. The van der Waals surface area contributed by atoms with Crippen LogP contribution in [0.4, 0.5) is 0 Å². The third kappa shape index (κ3) is 3.62. The summed E-state index contributed by atoms with van der Waals surface area (Å²) >= 11 is 0. The molecule has 3 aliphatic rings. The fraction of sp³-hybridized carbons (Fsp3) is 0.522. The van der Waals surface area contributed by atoms with Crippen LogP contribution in [-0.2, 0) is 28.4 Å². The molecule has 0 spiro atoms. The number of imidazole rings is 1. The number of pyridine rings is 1. The molecule has 0 unspecified atom stereocenters. The van der Waals surface area contributed by atoms with Crippen molar-refractivity contribution in [3.8, 4) is 0 Å².